The maximum absolute atomic E-state index is 13.9. The van der Waals surface area contributed by atoms with Gasteiger partial charge in [-0.2, -0.15) is 0 Å². The van der Waals surface area contributed by atoms with Crippen molar-refractivity contribution in [1.29, 1.82) is 0 Å². The predicted octanol–water partition coefficient (Wildman–Crippen LogP) is 5.49. The number of hydrogen-bond donors (Lipinski definition) is 1. The van der Waals surface area contributed by atoms with E-state index in [-0.39, 0.29) is 22.6 Å². The monoisotopic (exact) mass is 436 g/mol. The van der Waals surface area contributed by atoms with Crippen molar-refractivity contribution >= 4 is 34.7 Å². The fourth-order valence-corrected chi connectivity index (χ4v) is 4.40. The average Bonchev–Trinajstić information content (AvgIpc) is 3.19. The highest BCUT2D eigenvalue weighted by molar-refractivity contribution is 7.99. The molecule has 1 N–H and O–H groups in total. The Labute approximate surface area is 171 Å². The van der Waals surface area contributed by atoms with E-state index in [0.29, 0.717) is 21.3 Å². The van der Waals surface area contributed by atoms with E-state index < -0.39 is 23.3 Å². The number of fused-ring (bicyclic) bond motifs is 1. The number of imidazole rings is 1. The van der Waals surface area contributed by atoms with Crippen molar-refractivity contribution in [3.8, 4) is 0 Å². The second-order valence-electron chi connectivity index (χ2n) is 5.92. The summed E-state index contributed by atoms with van der Waals surface area (Å²) in [5.74, 6) is -3.35. The Kier molecular flexibility index (Phi) is 5.72. The lowest BCUT2D eigenvalue weighted by Crippen LogP contribution is -1.96. The van der Waals surface area contributed by atoms with Gasteiger partial charge >= 0.3 is 0 Å². The fraction of sp³-hybridized carbons (Fsp3) is 0.105. The quantitative estimate of drug-likeness (QED) is 0.187. The van der Waals surface area contributed by atoms with E-state index in [9.17, 15) is 17.6 Å². The summed E-state index contributed by atoms with van der Waals surface area (Å²) in [5, 5.41) is 0.814. The van der Waals surface area contributed by atoms with Gasteiger partial charge in [0.25, 0.3) is 0 Å². The Bertz CT molecular complexity index is 1180. The second-order valence-corrected chi connectivity index (χ2v) is 7.82. The first kappa shape index (κ1) is 19.7. The van der Waals surface area contributed by atoms with Crippen LogP contribution in [0, 0.1) is 23.3 Å². The van der Waals surface area contributed by atoms with Gasteiger partial charge in [-0.15, -0.1) is 0 Å². The van der Waals surface area contributed by atoms with E-state index in [0.717, 1.165) is 23.9 Å². The molecule has 148 valence electrons. The lowest BCUT2D eigenvalue weighted by molar-refractivity contribution is 0.502. The van der Waals surface area contributed by atoms with E-state index in [4.69, 9.17) is 0 Å². The van der Waals surface area contributed by atoms with E-state index in [2.05, 4.69) is 19.9 Å². The summed E-state index contributed by atoms with van der Waals surface area (Å²) in [6.07, 6.45) is 1.45. The summed E-state index contributed by atoms with van der Waals surface area (Å²) < 4.78 is 54.5. The van der Waals surface area contributed by atoms with E-state index in [1.807, 2.05) is 0 Å². The molecule has 0 aliphatic carbocycles. The van der Waals surface area contributed by atoms with Crippen molar-refractivity contribution in [2.24, 2.45) is 0 Å². The van der Waals surface area contributed by atoms with E-state index in [1.165, 1.54) is 42.4 Å². The summed E-state index contributed by atoms with van der Waals surface area (Å²) in [4.78, 5) is 15.8. The first-order chi connectivity index (χ1) is 14.0. The van der Waals surface area contributed by atoms with Crippen molar-refractivity contribution < 1.29 is 17.6 Å². The van der Waals surface area contributed by atoms with Crippen LogP contribution >= 0.6 is 23.5 Å². The first-order valence-electron chi connectivity index (χ1n) is 8.35. The fourth-order valence-electron chi connectivity index (χ4n) is 2.56. The molecule has 4 nitrogen and oxygen atoms in total. The molecule has 0 saturated heterocycles. The molecule has 2 aromatic heterocycles. The highest BCUT2D eigenvalue weighted by Gasteiger charge is 2.15. The van der Waals surface area contributed by atoms with Gasteiger partial charge in [0.15, 0.2) is 34.1 Å². The number of aromatic nitrogens is 4. The van der Waals surface area contributed by atoms with Crippen molar-refractivity contribution in [3.63, 3.8) is 0 Å². The van der Waals surface area contributed by atoms with Gasteiger partial charge in [-0.1, -0.05) is 47.8 Å². The largest absolute Gasteiger partial charge is 0.341 e. The molecule has 0 bridgehead atoms. The summed E-state index contributed by atoms with van der Waals surface area (Å²) in [6.45, 7) is 0. The van der Waals surface area contributed by atoms with Crippen LogP contribution in [0.3, 0.4) is 0 Å². The molecule has 10 heteroatoms. The Morgan fingerprint density at radius 1 is 0.793 bits per heavy atom. The molecule has 0 fully saturated rings. The third-order valence-corrected chi connectivity index (χ3v) is 5.94. The number of nitrogens with zero attached hydrogens (tertiary/aromatic N) is 3. The standard InChI is InChI=1S/C19H12F4N4S2/c20-12-5-1-3-10(14(12)22)7-28-18-16-17(25-9-24-16)26-19(27-18)29-8-11-4-2-6-13(21)15(11)23/h1-6,9H,7-8H2,(H,24,25,26,27). The number of nitrogens with one attached hydrogen (secondary N) is 1. The molecule has 0 unspecified atom stereocenters. The highest BCUT2D eigenvalue weighted by Crippen LogP contribution is 2.31. The molecule has 0 spiro atoms. The van der Waals surface area contributed by atoms with Gasteiger partial charge in [0.1, 0.15) is 10.5 Å². The predicted molar refractivity (Wildman–Crippen MR) is 104 cm³/mol. The SMILES string of the molecule is Fc1cccc(CSc2nc(SCc3cccc(F)c3F)c3[nH]cnc3n2)c1F. The van der Waals surface area contributed by atoms with Crippen molar-refractivity contribution in [1.82, 2.24) is 19.9 Å². The Morgan fingerprint density at radius 3 is 2.07 bits per heavy atom. The molecule has 2 heterocycles. The molecule has 2 aromatic carbocycles. The van der Waals surface area contributed by atoms with Crippen LogP contribution in [0.4, 0.5) is 17.6 Å². The molecule has 4 aromatic rings. The van der Waals surface area contributed by atoms with Gasteiger partial charge < -0.3 is 4.98 Å². The molecular formula is C19H12F4N4S2. The van der Waals surface area contributed by atoms with Crippen LogP contribution < -0.4 is 0 Å². The van der Waals surface area contributed by atoms with Gasteiger partial charge in [0, 0.05) is 22.6 Å². The number of benzene rings is 2. The lowest BCUT2D eigenvalue weighted by atomic mass is 10.2. The van der Waals surface area contributed by atoms with Crippen LogP contribution in [-0.4, -0.2) is 19.9 Å². The smallest absolute Gasteiger partial charge is 0.191 e. The normalized spacial score (nSPS) is 11.3. The number of halogens is 4. The van der Waals surface area contributed by atoms with Crippen LogP contribution in [0.1, 0.15) is 11.1 Å². The Balaban J connectivity index is 1.57. The molecule has 4 rings (SSSR count). The minimum Gasteiger partial charge on any atom is -0.341 e. The Hall–Kier alpha value is -2.59. The summed E-state index contributed by atoms with van der Waals surface area (Å²) in [7, 11) is 0. The van der Waals surface area contributed by atoms with Crippen LogP contribution in [0.5, 0.6) is 0 Å². The van der Waals surface area contributed by atoms with Crippen LogP contribution in [0.25, 0.3) is 11.2 Å². The molecule has 0 amide bonds. The lowest BCUT2D eigenvalue weighted by Gasteiger charge is -2.07. The van der Waals surface area contributed by atoms with Crippen LogP contribution in [0.2, 0.25) is 0 Å². The third kappa shape index (κ3) is 4.23. The molecule has 0 aliphatic rings. The van der Waals surface area contributed by atoms with E-state index >= 15 is 0 Å². The molecule has 0 atom stereocenters. The topological polar surface area (TPSA) is 54.5 Å². The maximum atomic E-state index is 13.9. The number of hydrogen-bond acceptors (Lipinski definition) is 5. The minimum absolute atomic E-state index is 0.127. The van der Waals surface area contributed by atoms with E-state index in [1.54, 1.807) is 0 Å². The Morgan fingerprint density at radius 2 is 1.41 bits per heavy atom. The zero-order chi connectivity index (χ0) is 20.4. The number of aromatic amines is 1. The van der Waals surface area contributed by atoms with Gasteiger partial charge in [0.2, 0.25) is 0 Å². The van der Waals surface area contributed by atoms with Crippen molar-refractivity contribution in [2.75, 3.05) is 0 Å². The average molecular weight is 436 g/mol. The molecular weight excluding hydrogens is 424 g/mol. The van der Waals surface area contributed by atoms with Crippen molar-refractivity contribution in [2.45, 2.75) is 21.7 Å². The van der Waals surface area contributed by atoms with Gasteiger partial charge in [0.05, 0.1) is 6.33 Å². The third-order valence-electron chi connectivity index (χ3n) is 4.02. The molecule has 0 aliphatic heterocycles. The maximum Gasteiger partial charge on any atom is 0.191 e. The number of thioether (sulfide) groups is 2. The second kappa shape index (κ2) is 8.42. The highest BCUT2D eigenvalue weighted by atomic mass is 32.2. The van der Waals surface area contributed by atoms with Gasteiger partial charge in [-0.05, 0) is 12.1 Å². The summed E-state index contributed by atoms with van der Waals surface area (Å²) in [5.41, 5.74) is 1.35. The molecule has 0 saturated carbocycles. The zero-order valence-electron chi connectivity index (χ0n) is 14.6. The number of rotatable bonds is 6. The number of H-pyrrole nitrogens is 1. The molecule has 0 radical (unpaired) electrons. The molecule has 29 heavy (non-hydrogen) atoms. The summed E-state index contributed by atoms with van der Waals surface area (Å²) in [6, 6.07) is 7.97. The van der Waals surface area contributed by atoms with Gasteiger partial charge in [-0.25, -0.2) is 32.5 Å². The van der Waals surface area contributed by atoms with Crippen LogP contribution in [0.15, 0.2) is 52.9 Å². The van der Waals surface area contributed by atoms with Crippen LogP contribution in [-0.2, 0) is 11.5 Å². The van der Waals surface area contributed by atoms with Gasteiger partial charge in [-0.3, -0.25) is 0 Å². The van der Waals surface area contributed by atoms with Crippen molar-refractivity contribution in [3.05, 3.63) is 77.1 Å². The minimum atomic E-state index is -0.917. The summed E-state index contributed by atoms with van der Waals surface area (Å²) >= 11 is 2.32. The zero-order valence-corrected chi connectivity index (χ0v) is 16.3. The first-order valence-corrected chi connectivity index (χ1v) is 10.3.